The molecule has 7 nitrogen and oxygen atoms in total. The number of amides is 1. The second-order valence-corrected chi connectivity index (χ2v) is 6.44. The maximum atomic E-state index is 12.9. The average molecular weight is 376 g/mol. The highest BCUT2D eigenvalue weighted by Crippen LogP contribution is 2.16. The van der Waals surface area contributed by atoms with Gasteiger partial charge in [0.25, 0.3) is 5.56 Å². The van der Waals surface area contributed by atoms with Crippen LogP contribution >= 0.6 is 0 Å². The van der Waals surface area contributed by atoms with E-state index in [-0.39, 0.29) is 17.9 Å². The number of benzene rings is 1. The number of pyridine rings is 1. The fourth-order valence-corrected chi connectivity index (χ4v) is 3.34. The molecule has 0 aliphatic heterocycles. The van der Waals surface area contributed by atoms with E-state index in [0.717, 1.165) is 11.0 Å². The Morgan fingerprint density at radius 2 is 1.89 bits per heavy atom. The van der Waals surface area contributed by atoms with Crippen LogP contribution in [0.25, 0.3) is 16.6 Å². The summed E-state index contributed by atoms with van der Waals surface area (Å²) in [7, 11) is 1.56. The van der Waals surface area contributed by atoms with Gasteiger partial charge in [-0.1, -0.05) is 12.1 Å². The molecule has 142 valence electrons. The minimum Gasteiger partial charge on any atom is -0.497 e. The van der Waals surface area contributed by atoms with Crippen molar-refractivity contribution in [1.82, 2.24) is 14.0 Å². The van der Waals surface area contributed by atoms with Crippen molar-refractivity contribution in [1.29, 1.82) is 0 Å². The van der Waals surface area contributed by atoms with Gasteiger partial charge in [-0.15, -0.1) is 0 Å². The van der Waals surface area contributed by atoms with Crippen molar-refractivity contribution >= 4 is 28.3 Å². The van der Waals surface area contributed by atoms with E-state index in [1.54, 1.807) is 30.0 Å². The van der Waals surface area contributed by atoms with E-state index in [2.05, 4.69) is 10.3 Å². The highest BCUT2D eigenvalue weighted by atomic mass is 16.5. The molecule has 7 heteroatoms. The van der Waals surface area contributed by atoms with Gasteiger partial charge in [-0.05, 0) is 36.8 Å². The Morgan fingerprint density at radius 1 is 1.11 bits per heavy atom. The third-order valence-corrected chi connectivity index (χ3v) is 4.67. The van der Waals surface area contributed by atoms with Crippen LogP contribution in [0.3, 0.4) is 0 Å². The molecule has 0 unspecified atom stereocenters. The molecule has 4 aromatic rings. The van der Waals surface area contributed by atoms with E-state index in [9.17, 15) is 9.59 Å². The summed E-state index contributed by atoms with van der Waals surface area (Å²) in [5, 5.41) is 2.76. The van der Waals surface area contributed by atoms with E-state index in [1.165, 1.54) is 0 Å². The van der Waals surface area contributed by atoms with Crippen LogP contribution in [0.2, 0.25) is 0 Å². The first-order valence-corrected chi connectivity index (χ1v) is 9.06. The lowest BCUT2D eigenvalue weighted by Gasteiger charge is -2.12. The average Bonchev–Trinajstić information content (AvgIpc) is 3.21. The number of carbonyl (C=O) groups is 1. The minimum absolute atomic E-state index is 0.0569. The van der Waals surface area contributed by atoms with Crippen LogP contribution in [-0.2, 0) is 11.3 Å². The minimum atomic E-state index is -0.151. The molecule has 0 saturated heterocycles. The van der Waals surface area contributed by atoms with Gasteiger partial charge in [-0.2, -0.15) is 0 Å². The van der Waals surface area contributed by atoms with Gasteiger partial charge in [0.05, 0.1) is 18.1 Å². The lowest BCUT2D eigenvalue weighted by Crippen LogP contribution is -2.23. The summed E-state index contributed by atoms with van der Waals surface area (Å²) < 4.78 is 8.76. The van der Waals surface area contributed by atoms with Gasteiger partial charge in [0.15, 0.2) is 0 Å². The Labute approximate surface area is 161 Å². The number of anilines is 1. The zero-order chi connectivity index (χ0) is 19.5. The van der Waals surface area contributed by atoms with E-state index >= 15 is 0 Å². The van der Waals surface area contributed by atoms with Crippen molar-refractivity contribution in [3.05, 3.63) is 71.3 Å². The molecule has 4 rings (SSSR count). The molecule has 28 heavy (non-hydrogen) atoms. The number of hydrogen-bond donors (Lipinski definition) is 1. The second-order valence-electron chi connectivity index (χ2n) is 6.44. The highest BCUT2D eigenvalue weighted by molar-refractivity contribution is 5.89. The van der Waals surface area contributed by atoms with Crippen LogP contribution in [0.15, 0.2) is 65.7 Å². The number of hydrogen-bond acceptors (Lipinski definition) is 4. The number of nitrogens with one attached hydrogen (secondary N) is 1. The molecule has 1 N–H and O–H groups in total. The zero-order valence-corrected chi connectivity index (χ0v) is 15.5. The number of para-hydroxylation sites is 2. The maximum absolute atomic E-state index is 12.9. The lowest BCUT2D eigenvalue weighted by molar-refractivity contribution is -0.116. The van der Waals surface area contributed by atoms with Crippen LogP contribution in [0.5, 0.6) is 5.75 Å². The van der Waals surface area contributed by atoms with Gasteiger partial charge in [0, 0.05) is 31.4 Å². The largest absolute Gasteiger partial charge is 0.497 e. The molecule has 0 fully saturated rings. The SMILES string of the molecule is COc1ccnc(NC(=O)CCCn2c(=O)c3cccn3c3ccccc32)c1. The third-order valence-electron chi connectivity index (χ3n) is 4.67. The molecule has 3 heterocycles. The van der Waals surface area contributed by atoms with Crippen LogP contribution in [0.1, 0.15) is 12.8 Å². The second kappa shape index (κ2) is 7.56. The number of fused-ring (bicyclic) bond motifs is 3. The molecule has 3 aromatic heterocycles. The van der Waals surface area contributed by atoms with Crippen molar-refractivity contribution in [2.24, 2.45) is 0 Å². The molecule has 0 aliphatic rings. The highest BCUT2D eigenvalue weighted by Gasteiger charge is 2.11. The Kier molecular flexibility index (Phi) is 4.80. The van der Waals surface area contributed by atoms with Crippen molar-refractivity contribution in [2.45, 2.75) is 19.4 Å². The quantitative estimate of drug-likeness (QED) is 0.561. The standard InChI is InChI=1S/C21H20N4O3/c1-28-15-10-11-22-19(14-15)23-20(26)9-5-13-25-17-7-3-2-6-16(17)24-12-4-8-18(24)21(25)27/h2-4,6-8,10-12,14H,5,9,13H2,1H3,(H,22,23,26). The monoisotopic (exact) mass is 376 g/mol. The molecule has 1 amide bonds. The number of rotatable bonds is 6. The number of carbonyl (C=O) groups excluding carboxylic acids is 1. The molecule has 0 radical (unpaired) electrons. The first-order chi connectivity index (χ1) is 13.7. The fraction of sp³-hybridized carbons (Fsp3) is 0.190. The van der Waals surface area contributed by atoms with Crippen molar-refractivity contribution in [3.8, 4) is 5.75 Å². The summed E-state index contributed by atoms with van der Waals surface area (Å²) in [5.74, 6) is 0.923. The summed E-state index contributed by atoms with van der Waals surface area (Å²) in [6.07, 6.45) is 4.29. The molecule has 0 bridgehead atoms. The molecule has 0 saturated carbocycles. The summed E-state index contributed by atoms with van der Waals surface area (Å²) in [6.45, 7) is 0.458. The van der Waals surface area contributed by atoms with Gasteiger partial charge < -0.3 is 19.0 Å². The van der Waals surface area contributed by atoms with E-state index in [1.807, 2.05) is 47.0 Å². The number of nitrogens with zero attached hydrogens (tertiary/aromatic N) is 3. The summed E-state index contributed by atoms with van der Waals surface area (Å²) >= 11 is 0. The molecule has 1 aromatic carbocycles. The lowest BCUT2D eigenvalue weighted by atomic mass is 10.2. The van der Waals surface area contributed by atoms with Crippen molar-refractivity contribution in [3.63, 3.8) is 0 Å². The van der Waals surface area contributed by atoms with E-state index < -0.39 is 0 Å². The Morgan fingerprint density at radius 3 is 2.71 bits per heavy atom. The van der Waals surface area contributed by atoms with Gasteiger partial charge >= 0.3 is 0 Å². The zero-order valence-electron chi connectivity index (χ0n) is 15.5. The van der Waals surface area contributed by atoms with E-state index in [4.69, 9.17) is 4.74 Å². The van der Waals surface area contributed by atoms with Gasteiger partial charge in [-0.25, -0.2) is 4.98 Å². The number of aromatic nitrogens is 3. The maximum Gasteiger partial charge on any atom is 0.275 e. The van der Waals surface area contributed by atoms with Crippen LogP contribution < -0.4 is 15.6 Å². The van der Waals surface area contributed by atoms with Crippen molar-refractivity contribution in [2.75, 3.05) is 12.4 Å². The Balaban J connectivity index is 1.50. The van der Waals surface area contributed by atoms with Gasteiger partial charge in [0.2, 0.25) is 5.91 Å². The van der Waals surface area contributed by atoms with Gasteiger partial charge in [0.1, 0.15) is 17.1 Å². The van der Waals surface area contributed by atoms with Crippen LogP contribution in [-0.4, -0.2) is 27.0 Å². The Bertz CT molecular complexity index is 1210. The predicted octanol–water partition coefficient (Wildman–Crippen LogP) is 3.08. The third kappa shape index (κ3) is 3.34. The summed E-state index contributed by atoms with van der Waals surface area (Å²) in [5.41, 5.74) is 2.39. The predicted molar refractivity (Wildman–Crippen MR) is 108 cm³/mol. The number of methoxy groups -OCH3 is 1. The number of ether oxygens (including phenoxy) is 1. The van der Waals surface area contributed by atoms with Crippen LogP contribution in [0, 0.1) is 0 Å². The molecule has 0 atom stereocenters. The molecular weight excluding hydrogens is 356 g/mol. The van der Waals surface area contributed by atoms with Gasteiger partial charge in [-0.3, -0.25) is 9.59 Å². The summed E-state index contributed by atoms with van der Waals surface area (Å²) in [6, 6.07) is 14.8. The van der Waals surface area contributed by atoms with Crippen molar-refractivity contribution < 1.29 is 9.53 Å². The molecule has 0 aliphatic carbocycles. The molecular formula is C21H20N4O3. The first-order valence-electron chi connectivity index (χ1n) is 9.06. The fourth-order valence-electron chi connectivity index (χ4n) is 3.34. The van der Waals surface area contributed by atoms with E-state index in [0.29, 0.717) is 30.0 Å². The number of aryl methyl sites for hydroxylation is 1. The summed E-state index contributed by atoms with van der Waals surface area (Å²) in [4.78, 5) is 29.2. The first kappa shape index (κ1) is 17.8. The Hall–Kier alpha value is -3.61. The smallest absolute Gasteiger partial charge is 0.275 e. The normalized spacial score (nSPS) is 11.0. The topological polar surface area (TPSA) is 77.6 Å². The van der Waals surface area contributed by atoms with Crippen LogP contribution in [0.4, 0.5) is 5.82 Å². The molecule has 0 spiro atoms.